The van der Waals surface area contributed by atoms with E-state index in [1.54, 1.807) is 13.3 Å². The number of anilines is 1. The number of methoxy groups -OCH3 is 1. The summed E-state index contributed by atoms with van der Waals surface area (Å²) >= 11 is 0. The fraction of sp³-hybridized carbons (Fsp3) is 0.542. The number of nitrogens with zero attached hydrogens (tertiary/aromatic N) is 2. The molecule has 1 saturated carbocycles. The summed E-state index contributed by atoms with van der Waals surface area (Å²) < 4.78 is 38.2. The molecule has 2 aliphatic rings. The second-order valence-electron chi connectivity index (χ2n) is 8.82. The van der Waals surface area contributed by atoms with Gasteiger partial charge in [-0.3, -0.25) is 0 Å². The van der Waals surface area contributed by atoms with Crippen molar-refractivity contribution in [3.8, 4) is 5.88 Å². The highest BCUT2D eigenvalue weighted by molar-refractivity contribution is 7.88. The van der Waals surface area contributed by atoms with Crippen molar-refractivity contribution in [3.05, 3.63) is 54.2 Å². The van der Waals surface area contributed by atoms with Crippen LogP contribution in [0, 0.1) is 0 Å². The summed E-state index contributed by atoms with van der Waals surface area (Å²) in [5.74, 6) is 1.16. The normalized spacial score (nSPS) is 26.2. The SMILES string of the molecule is COc1ccc(N2CC[C@H](NS(C)(=O)=O)[C@@H]2CO[C@H]2CC[C@@H](c3ccccc3)CC2)cn1. The first kappa shape index (κ1) is 23.0. The second-order valence-corrected chi connectivity index (χ2v) is 10.6. The summed E-state index contributed by atoms with van der Waals surface area (Å²) in [4.78, 5) is 6.52. The van der Waals surface area contributed by atoms with Crippen LogP contribution in [0.2, 0.25) is 0 Å². The molecule has 0 radical (unpaired) electrons. The Labute approximate surface area is 191 Å². The van der Waals surface area contributed by atoms with Crippen LogP contribution in [0.1, 0.15) is 43.6 Å². The molecular formula is C24H33N3O4S. The average molecular weight is 460 g/mol. The molecule has 2 aromatic rings. The van der Waals surface area contributed by atoms with Crippen LogP contribution in [0.25, 0.3) is 0 Å². The number of nitrogens with one attached hydrogen (secondary N) is 1. The molecular weight excluding hydrogens is 426 g/mol. The number of aromatic nitrogens is 1. The molecule has 1 aliphatic heterocycles. The van der Waals surface area contributed by atoms with E-state index < -0.39 is 10.0 Å². The maximum absolute atomic E-state index is 11.9. The third-order valence-corrected chi connectivity index (χ3v) is 7.35. The van der Waals surface area contributed by atoms with Crippen LogP contribution in [-0.4, -0.2) is 58.1 Å². The Hall–Kier alpha value is -2.16. The number of hydrogen-bond donors (Lipinski definition) is 1. The van der Waals surface area contributed by atoms with Gasteiger partial charge in [-0.05, 0) is 49.7 Å². The van der Waals surface area contributed by atoms with E-state index >= 15 is 0 Å². The minimum absolute atomic E-state index is 0.0771. The van der Waals surface area contributed by atoms with E-state index in [2.05, 4.69) is 44.9 Å². The minimum Gasteiger partial charge on any atom is -0.481 e. The molecule has 4 rings (SSSR count). The van der Waals surface area contributed by atoms with Crippen LogP contribution in [-0.2, 0) is 14.8 Å². The molecule has 7 nitrogen and oxygen atoms in total. The molecule has 0 amide bonds. The summed E-state index contributed by atoms with van der Waals surface area (Å²) in [6.07, 6.45) is 8.24. The lowest BCUT2D eigenvalue weighted by Gasteiger charge is -2.33. The Morgan fingerprint density at radius 1 is 1.06 bits per heavy atom. The molecule has 1 N–H and O–H groups in total. The summed E-state index contributed by atoms with van der Waals surface area (Å²) in [6.45, 7) is 1.23. The van der Waals surface area contributed by atoms with Crippen molar-refractivity contribution >= 4 is 15.7 Å². The number of rotatable bonds is 8. The van der Waals surface area contributed by atoms with Gasteiger partial charge in [-0.2, -0.15) is 0 Å². The molecule has 0 bridgehead atoms. The summed E-state index contributed by atoms with van der Waals surface area (Å²) in [5.41, 5.74) is 2.36. The summed E-state index contributed by atoms with van der Waals surface area (Å²) in [6, 6.07) is 14.2. The van der Waals surface area contributed by atoms with Crippen molar-refractivity contribution in [2.24, 2.45) is 0 Å². The van der Waals surface area contributed by atoms with Crippen molar-refractivity contribution in [1.82, 2.24) is 9.71 Å². The largest absolute Gasteiger partial charge is 0.481 e. The standard InChI is InChI=1S/C24H33N3O4S/c1-30-24-13-10-20(16-25-24)27-15-14-22(26-32(2,28)29)23(27)17-31-21-11-8-19(9-12-21)18-6-4-3-5-7-18/h3-7,10,13,16,19,21-23,26H,8-9,11-12,14-15,17H2,1-2H3/t19-,21+,22-,23-/m0/s1. The van der Waals surface area contributed by atoms with Gasteiger partial charge in [0.1, 0.15) is 0 Å². The lowest BCUT2D eigenvalue weighted by Crippen LogP contribution is -2.48. The minimum atomic E-state index is -3.31. The Kier molecular flexibility index (Phi) is 7.33. The third-order valence-electron chi connectivity index (χ3n) is 6.62. The zero-order valence-corrected chi connectivity index (χ0v) is 19.6. The van der Waals surface area contributed by atoms with Crippen molar-refractivity contribution in [2.75, 3.05) is 31.4 Å². The van der Waals surface area contributed by atoms with Crippen molar-refractivity contribution in [2.45, 2.75) is 56.2 Å². The van der Waals surface area contributed by atoms with Crippen LogP contribution >= 0.6 is 0 Å². The van der Waals surface area contributed by atoms with Crippen molar-refractivity contribution < 1.29 is 17.9 Å². The molecule has 8 heteroatoms. The van der Waals surface area contributed by atoms with Crippen LogP contribution in [0.3, 0.4) is 0 Å². The maximum atomic E-state index is 11.9. The van der Waals surface area contributed by atoms with E-state index in [0.29, 0.717) is 18.4 Å². The summed E-state index contributed by atoms with van der Waals surface area (Å²) in [5, 5.41) is 0. The second kappa shape index (κ2) is 10.2. The Morgan fingerprint density at radius 3 is 2.44 bits per heavy atom. The van der Waals surface area contributed by atoms with Gasteiger partial charge in [0.15, 0.2) is 0 Å². The highest BCUT2D eigenvalue weighted by Crippen LogP contribution is 2.34. The molecule has 0 unspecified atom stereocenters. The van der Waals surface area contributed by atoms with Crippen molar-refractivity contribution in [1.29, 1.82) is 0 Å². The van der Waals surface area contributed by atoms with E-state index in [1.165, 1.54) is 11.8 Å². The van der Waals surface area contributed by atoms with E-state index in [4.69, 9.17) is 9.47 Å². The number of hydrogen-bond acceptors (Lipinski definition) is 6. The topological polar surface area (TPSA) is 80.8 Å². The van der Waals surface area contributed by atoms with Crippen molar-refractivity contribution in [3.63, 3.8) is 0 Å². The molecule has 1 aromatic carbocycles. The van der Waals surface area contributed by atoms with Crippen LogP contribution < -0.4 is 14.4 Å². The number of sulfonamides is 1. The molecule has 2 heterocycles. The van der Waals surface area contributed by atoms with Gasteiger partial charge in [0.05, 0.1) is 44.0 Å². The van der Waals surface area contributed by atoms with E-state index in [0.717, 1.165) is 44.3 Å². The smallest absolute Gasteiger partial charge is 0.213 e. The van der Waals surface area contributed by atoms with Crippen LogP contribution in [0.5, 0.6) is 5.88 Å². The molecule has 1 saturated heterocycles. The lowest BCUT2D eigenvalue weighted by molar-refractivity contribution is 0.0157. The predicted molar refractivity (Wildman–Crippen MR) is 126 cm³/mol. The van der Waals surface area contributed by atoms with Gasteiger partial charge in [0.25, 0.3) is 0 Å². The molecule has 2 fully saturated rings. The number of pyridine rings is 1. The molecule has 174 valence electrons. The third kappa shape index (κ3) is 5.79. The van der Waals surface area contributed by atoms with E-state index in [9.17, 15) is 8.42 Å². The van der Waals surface area contributed by atoms with E-state index in [-0.39, 0.29) is 18.2 Å². The van der Waals surface area contributed by atoms with Gasteiger partial charge in [0.2, 0.25) is 15.9 Å². The number of ether oxygens (including phenoxy) is 2. The van der Waals surface area contributed by atoms with Gasteiger partial charge in [-0.1, -0.05) is 30.3 Å². The fourth-order valence-electron chi connectivity index (χ4n) is 4.98. The molecule has 1 aliphatic carbocycles. The molecule has 1 aromatic heterocycles. The maximum Gasteiger partial charge on any atom is 0.213 e. The average Bonchev–Trinajstić information content (AvgIpc) is 3.19. The van der Waals surface area contributed by atoms with Gasteiger partial charge in [0, 0.05) is 18.7 Å². The highest BCUT2D eigenvalue weighted by Gasteiger charge is 2.37. The van der Waals surface area contributed by atoms with Gasteiger partial charge >= 0.3 is 0 Å². The molecule has 2 atom stereocenters. The Bertz CT molecular complexity index is 960. The van der Waals surface area contributed by atoms with E-state index in [1.807, 2.05) is 12.1 Å². The zero-order chi connectivity index (χ0) is 22.6. The zero-order valence-electron chi connectivity index (χ0n) is 18.8. The van der Waals surface area contributed by atoms with Gasteiger partial charge in [-0.15, -0.1) is 0 Å². The molecule has 0 spiro atoms. The highest BCUT2D eigenvalue weighted by atomic mass is 32.2. The quantitative estimate of drug-likeness (QED) is 0.652. The summed E-state index contributed by atoms with van der Waals surface area (Å²) in [7, 11) is -1.72. The fourth-order valence-corrected chi connectivity index (χ4v) is 5.80. The first-order valence-electron chi connectivity index (χ1n) is 11.3. The monoisotopic (exact) mass is 459 g/mol. The predicted octanol–water partition coefficient (Wildman–Crippen LogP) is 3.33. The Balaban J connectivity index is 1.39. The number of benzene rings is 1. The Morgan fingerprint density at radius 2 is 1.81 bits per heavy atom. The van der Waals surface area contributed by atoms with Gasteiger partial charge < -0.3 is 14.4 Å². The first-order valence-corrected chi connectivity index (χ1v) is 13.2. The first-order chi connectivity index (χ1) is 15.4. The van der Waals surface area contributed by atoms with Crippen LogP contribution in [0.4, 0.5) is 5.69 Å². The van der Waals surface area contributed by atoms with Gasteiger partial charge in [-0.25, -0.2) is 18.1 Å². The van der Waals surface area contributed by atoms with Crippen LogP contribution in [0.15, 0.2) is 48.7 Å². The molecule has 32 heavy (non-hydrogen) atoms. The lowest BCUT2D eigenvalue weighted by atomic mass is 9.83.